The number of hydrogen-bond donors (Lipinski definition) is 1. The van der Waals surface area contributed by atoms with E-state index in [0.717, 1.165) is 17.0 Å². The van der Waals surface area contributed by atoms with Crippen LogP contribution < -0.4 is 5.56 Å². The Bertz CT molecular complexity index is 517. The van der Waals surface area contributed by atoms with Gasteiger partial charge in [0, 0.05) is 31.9 Å². The first kappa shape index (κ1) is 8.80. The van der Waals surface area contributed by atoms with Gasteiger partial charge in [0.2, 0.25) is 0 Å². The van der Waals surface area contributed by atoms with Crippen LogP contribution in [-0.4, -0.2) is 19.6 Å². The van der Waals surface area contributed by atoms with Gasteiger partial charge < -0.3 is 0 Å². The normalized spacial score (nSPS) is 10.8. The van der Waals surface area contributed by atoms with Gasteiger partial charge in [-0.3, -0.25) is 19.3 Å². The lowest BCUT2D eigenvalue weighted by Gasteiger charge is -1.92. The number of H-pyrrole nitrogens is 1. The fourth-order valence-electron chi connectivity index (χ4n) is 1.49. The number of hydrogen-bond acceptors (Lipinski definition) is 2. The van der Waals surface area contributed by atoms with Gasteiger partial charge in [-0.25, -0.2) is 0 Å². The van der Waals surface area contributed by atoms with E-state index >= 15 is 0 Å². The molecule has 2 heterocycles. The van der Waals surface area contributed by atoms with Crippen molar-refractivity contribution in [3.05, 3.63) is 28.3 Å². The Balaban J connectivity index is 2.59. The van der Waals surface area contributed by atoms with E-state index in [4.69, 9.17) is 0 Å². The van der Waals surface area contributed by atoms with E-state index in [1.54, 1.807) is 17.8 Å². The molecule has 0 saturated heterocycles. The highest BCUT2D eigenvalue weighted by Crippen LogP contribution is 2.17. The number of nitrogens with one attached hydrogen (secondary N) is 1. The van der Waals surface area contributed by atoms with Gasteiger partial charge in [-0.05, 0) is 6.92 Å². The van der Waals surface area contributed by atoms with Gasteiger partial charge in [0.1, 0.15) is 0 Å². The maximum atomic E-state index is 11.2. The minimum atomic E-state index is -0.0387. The van der Waals surface area contributed by atoms with Crippen LogP contribution in [0.2, 0.25) is 0 Å². The molecule has 74 valence electrons. The second-order valence-electron chi connectivity index (χ2n) is 3.37. The first-order chi connectivity index (χ1) is 6.58. The Labute approximate surface area is 81.0 Å². The van der Waals surface area contributed by atoms with E-state index in [0.29, 0.717) is 0 Å². The summed E-state index contributed by atoms with van der Waals surface area (Å²) in [5.41, 5.74) is 2.64. The summed E-state index contributed by atoms with van der Waals surface area (Å²) in [4.78, 5) is 11.2. The van der Waals surface area contributed by atoms with Crippen LogP contribution in [0.25, 0.3) is 11.3 Å². The quantitative estimate of drug-likeness (QED) is 0.712. The van der Waals surface area contributed by atoms with Crippen molar-refractivity contribution in [2.75, 3.05) is 0 Å². The molecule has 14 heavy (non-hydrogen) atoms. The standard InChI is InChI=1S/C9H12N4O/c1-6-7(5-12(2)10-6)8-4-9(14)13(3)11-8/h4-5,11H,1-3H3. The summed E-state index contributed by atoms with van der Waals surface area (Å²) in [6.07, 6.45) is 1.89. The molecule has 0 aliphatic heterocycles. The fraction of sp³-hybridized carbons (Fsp3) is 0.333. The summed E-state index contributed by atoms with van der Waals surface area (Å²) in [6, 6.07) is 1.57. The molecule has 2 rings (SSSR count). The van der Waals surface area contributed by atoms with Crippen molar-refractivity contribution < 1.29 is 0 Å². The average Bonchev–Trinajstić information content (AvgIpc) is 2.57. The van der Waals surface area contributed by atoms with Gasteiger partial charge in [-0.2, -0.15) is 5.10 Å². The van der Waals surface area contributed by atoms with Crippen molar-refractivity contribution in [3.8, 4) is 11.3 Å². The predicted molar refractivity (Wildman–Crippen MR) is 53.0 cm³/mol. The predicted octanol–water partition coefficient (Wildman–Crippen LogP) is 0.422. The van der Waals surface area contributed by atoms with Crippen LogP contribution >= 0.6 is 0 Å². The van der Waals surface area contributed by atoms with Gasteiger partial charge >= 0.3 is 0 Å². The lowest BCUT2D eigenvalue weighted by molar-refractivity contribution is 0.742. The van der Waals surface area contributed by atoms with Crippen molar-refractivity contribution in [1.29, 1.82) is 0 Å². The summed E-state index contributed by atoms with van der Waals surface area (Å²) in [5, 5.41) is 7.18. The molecular weight excluding hydrogens is 180 g/mol. The van der Waals surface area contributed by atoms with E-state index in [2.05, 4.69) is 10.2 Å². The molecule has 0 radical (unpaired) electrons. The summed E-state index contributed by atoms with van der Waals surface area (Å²) in [7, 11) is 3.55. The Morgan fingerprint density at radius 3 is 2.57 bits per heavy atom. The Kier molecular flexibility index (Phi) is 1.80. The molecule has 5 heteroatoms. The molecule has 0 unspecified atom stereocenters. The van der Waals surface area contributed by atoms with E-state index in [9.17, 15) is 4.79 Å². The van der Waals surface area contributed by atoms with Gasteiger partial charge in [0.05, 0.1) is 11.4 Å². The van der Waals surface area contributed by atoms with Crippen LogP contribution in [0.15, 0.2) is 17.1 Å². The van der Waals surface area contributed by atoms with Crippen molar-refractivity contribution in [2.24, 2.45) is 14.1 Å². The van der Waals surface area contributed by atoms with Crippen LogP contribution in [0.3, 0.4) is 0 Å². The average molecular weight is 192 g/mol. The first-order valence-electron chi connectivity index (χ1n) is 4.34. The van der Waals surface area contributed by atoms with Crippen LogP contribution in [-0.2, 0) is 14.1 Å². The summed E-state index contributed by atoms with van der Waals surface area (Å²) in [5.74, 6) is 0. The number of aromatic nitrogens is 4. The van der Waals surface area contributed by atoms with Crippen LogP contribution in [0.4, 0.5) is 0 Å². The third kappa shape index (κ3) is 1.26. The zero-order chi connectivity index (χ0) is 10.3. The molecule has 5 nitrogen and oxygen atoms in total. The molecule has 0 atom stereocenters. The first-order valence-corrected chi connectivity index (χ1v) is 4.34. The summed E-state index contributed by atoms with van der Waals surface area (Å²) >= 11 is 0. The zero-order valence-corrected chi connectivity index (χ0v) is 8.40. The fourth-order valence-corrected chi connectivity index (χ4v) is 1.49. The lowest BCUT2D eigenvalue weighted by atomic mass is 10.2. The smallest absolute Gasteiger partial charge is 0.266 e. The lowest BCUT2D eigenvalue weighted by Crippen LogP contribution is -2.09. The minimum Gasteiger partial charge on any atom is -0.295 e. The SMILES string of the molecule is Cc1nn(C)cc1-c1cc(=O)n(C)[nH]1. The van der Waals surface area contributed by atoms with E-state index in [1.165, 1.54) is 4.68 Å². The van der Waals surface area contributed by atoms with Crippen LogP contribution in [0.1, 0.15) is 5.69 Å². The van der Waals surface area contributed by atoms with Crippen LogP contribution in [0.5, 0.6) is 0 Å². The monoisotopic (exact) mass is 192 g/mol. The molecule has 2 aromatic rings. The topological polar surface area (TPSA) is 55.6 Å². The molecule has 0 fully saturated rings. The molecule has 0 aromatic carbocycles. The van der Waals surface area contributed by atoms with Gasteiger partial charge in [-0.15, -0.1) is 0 Å². The molecule has 0 aliphatic rings. The molecule has 0 saturated carbocycles. The molecular formula is C9H12N4O. The number of nitrogens with zero attached hydrogens (tertiary/aromatic N) is 3. The van der Waals surface area contributed by atoms with Crippen molar-refractivity contribution >= 4 is 0 Å². The summed E-state index contributed by atoms with van der Waals surface area (Å²) < 4.78 is 3.18. The second kappa shape index (κ2) is 2.87. The molecule has 0 aliphatic carbocycles. The van der Waals surface area contributed by atoms with Crippen molar-refractivity contribution in [2.45, 2.75) is 6.92 Å². The van der Waals surface area contributed by atoms with Gasteiger partial charge in [-0.1, -0.05) is 0 Å². The molecule has 0 bridgehead atoms. The zero-order valence-electron chi connectivity index (χ0n) is 8.40. The van der Waals surface area contributed by atoms with E-state index in [-0.39, 0.29) is 5.56 Å². The van der Waals surface area contributed by atoms with Crippen molar-refractivity contribution in [3.63, 3.8) is 0 Å². The molecule has 0 spiro atoms. The van der Waals surface area contributed by atoms with Crippen molar-refractivity contribution in [1.82, 2.24) is 19.6 Å². The Morgan fingerprint density at radius 1 is 1.43 bits per heavy atom. The molecule has 1 N–H and O–H groups in total. The van der Waals surface area contributed by atoms with Gasteiger partial charge in [0.15, 0.2) is 0 Å². The molecule has 2 aromatic heterocycles. The van der Waals surface area contributed by atoms with E-state index < -0.39 is 0 Å². The largest absolute Gasteiger partial charge is 0.295 e. The second-order valence-corrected chi connectivity index (χ2v) is 3.37. The third-order valence-electron chi connectivity index (χ3n) is 2.19. The van der Waals surface area contributed by atoms with Gasteiger partial charge in [0.25, 0.3) is 5.56 Å². The highest BCUT2D eigenvalue weighted by Gasteiger charge is 2.08. The third-order valence-corrected chi connectivity index (χ3v) is 2.19. The Morgan fingerprint density at radius 2 is 2.14 bits per heavy atom. The molecule has 0 amide bonds. The summed E-state index contributed by atoms with van der Waals surface area (Å²) in [6.45, 7) is 1.92. The maximum absolute atomic E-state index is 11.2. The minimum absolute atomic E-state index is 0.0387. The van der Waals surface area contributed by atoms with E-state index in [1.807, 2.05) is 20.2 Å². The van der Waals surface area contributed by atoms with Crippen LogP contribution in [0, 0.1) is 6.92 Å². The maximum Gasteiger partial charge on any atom is 0.266 e. The number of aryl methyl sites for hydroxylation is 3. The highest BCUT2D eigenvalue weighted by molar-refractivity contribution is 5.60. The Hall–Kier alpha value is -1.78. The number of aromatic amines is 1. The number of rotatable bonds is 1. The highest BCUT2D eigenvalue weighted by atomic mass is 16.1.